The van der Waals surface area contributed by atoms with Crippen molar-refractivity contribution in [2.45, 2.75) is 70.9 Å². The Morgan fingerprint density at radius 3 is 2.57 bits per heavy atom. The Morgan fingerprint density at radius 2 is 2.04 bits per heavy atom. The molecule has 0 spiro atoms. The maximum absolute atomic E-state index is 12.6. The molecule has 0 aromatic carbocycles. The van der Waals surface area contributed by atoms with Gasteiger partial charge in [-0.05, 0) is 47.5 Å². The van der Waals surface area contributed by atoms with E-state index in [9.17, 15) is 4.79 Å². The molecule has 0 bridgehead atoms. The van der Waals surface area contributed by atoms with Gasteiger partial charge >= 0.3 is 6.09 Å². The van der Waals surface area contributed by atoms with Crippen LogP contribution in [0.4, 0.5) is 4.79 Å². The van der Waals surface area contributed by atoms with Gasteiger partial charge in [0.2, 0.25) is 0 Å². The Morgan fingerprint density at radius 1 is 1.39 bits per heavy atom. The summed E-state index contributed by atoms with van der Waals surface area (Å²) in [6.45, 7) is 17.7. The van der Waals surface area contributed by atoms with Gasteiger partial charge in [-0.3, -0.25) is 4.90 Å². The Bertz CT molecular complexity index is 425. The molecule has 132 valence electrons. The summed E-state index contributed by atoms with van der Waals surface area (Å²) >= 11 is 0. The number of nitrogens with zero attached hydrogens (tertiary/aromatic N) is 1. The van der Waals surface area contributed by atoms with Crippen LogP contribution in [0.5, 0.6) is 0 Å². The average Bonchev–Trinajstić information content (AvgIpc) is 2.69. The summed E-state index contributed by atoms with van der Waals surface area (Å²) < 4.78 is 17.1. The summed E-state index contributed by atoms with van der Waals surface area (Å²) in [5.41, 5.74) is -1.23. The van der Waals surface area contributed by atoms with E-state index in [0.717, 1.165) is 0 Å². The zero-order valence-corrected chi connectivity index (χ0v) is 15.1. The van der Waals surface area contributed by atoms with Crippen molar-refractivity contribution in [3.8, 4) is 0 Å². The third-order valence-corrected chi connectivity index (χ3v) is 3.58. The van der Waals surface area contributed by atoms with Gasteiger partial charge < -0.3 is 14.2 Å². The van der Waals surface area contributed by atoms with Crippen LogP contribution in [0.2, 0.25) is 0 Å². The third kappa shape index (κ3) is 5.99. The lowest BCUT2D eigenvalue weighted by Gasteiger charge is -2.36. The first-order chi connectivity index (χ1) is 10.6. The molecule has 1 aliphatic heterocycles. The first kappa shape index (κ1) is 19.7. The first-order valence-corrected chi connectivity index (χ1v) is 8.10. The molecule has 5 nitrogen and oxygen atoms in total. The number of hydrogen-bond donors (Lipinski definition) is 0. The topological polar surface area (TPSA) is 48.0 Å². The Balaban J connectivity index is 2.83. The third-order valence-electron chi connectivity index (χ3n) is 3.58. The predicted molar refractivity (Wildman–Crippen MR) is 91.3 cm³/mol. The van der Waals surface area contributed by atoms with Crippen LogP contribution < -0.4 is 0 Å². The van der Waals surface area contributed by atoms with E-state index in [-0.39, 0.29) is 18.2 Å². The smallest absolute Gasteiger partial charge is 0.412 e. The highest BCUT2D eigenvalue weighted by Crippen LogP contribution is 2.32. The van der Waals surface area contributed by atoms with Gasteiger partial charge in [0, 0.05) is 0 Å². The van der Waals surface area contributed by atoms with E-state index >= 15 is 0 Å². The van der Waals surface area contributed by atoms with Gasteiger partial charge in [-0.15, -0.1) is 13.2 Å². The Kier molecular flexibility index (Phi) is 6.84. The van der Waals surface area contributed by atoms with Crippen LogP contribution in [0, 0.1) is 0 Å². The molecule has 1 aliphatic rings. The SMILES string of the molecule is C=CCOC(CC=C)CC1COC(C)(C)N1C(=O)OC(C)(C)C. The minimum atomic E-state index is -0.690. The van der Waals surface area contributed by atoms with Crippen molar-refractivity contribution in [2.24, 2.45) is 0 Å². The van der Waals surface area contributed by atoms with Crippen molar-refractivity contribution in [3.05, 3.63) is 25.3 Å². The summed E-state index contributed by atoms with van der Waals surface area (Å²) in [6, 6.07) is -0.0883. The minimum absolute atomic E-state index is 0.0297. The molecule has 0 aromatic heterocycles. The summed E-state index contributed by atoms with van der Waals surface area (Å²) in [7, 11) is 0. The van der Waals surface area contributed by atoms with Gasteiger partial charge in [0.05, 0.1) is 25.4 Å². The van der Waals surface area contributed by atoms with Crippen LogP contribution in [0.25, 0.3) is 0 Å². The van der Waals surface area contributed by atoms with Crippen LogP contribution in [0.1, 0.15) is 47.5 Å². The highest BCUT2D eigenvalue weighted by Gasteiger charge is 2.46. The molecule has 2 unspecified atom stereocenters. The molecule has 1 saturated heterocycles. The van der Waals surface area contributed by atoms with Crippen molar-refractivity contribution in [1.82, 2.24) is 4.90 Å². The molecule has 23 heavy (non-hydrogen) atoms. The van der Waals surface area contributed by atoms with Gasteiger partial charge in [0.15, 0.2) is 0 Å². The number of carbonyl (C=O) groups excluding carboxylic acids is 1. The average molecular weight is 325 g/mol. The fourth-order valence-electron chi connectivity index (χ4n) is 2.66. The van der Waals surface area contributed by atoms with Gasteiger partial charge in [-0.2, -0.15) is 0 Å². The summed E-state index contributed by atoms with van der Waals surface area (Å²) in [4.78, 5) is 14.3. The van der Waals surface area contributed by atoms with Gasteiger partial charge in [0.1, 0.15) is 11.3 Å². The van der Waals surface area contributed by atoms with Gasteiger partial charge in [0.25, 0.3) is 0 Å². The zero-order chi connectivity index (χ0) is 17.7. The molecule has 0 radical (unpaired) electrons. The van der Waals surface area contributed by atoms with Crippen LogP contribution >= 0.6 is 0 Å². The largest absolute Gasteiger partial charge is 0.444 e. The second-order valence-corrected chi connectivity index (χ2v) is 7.27. The maximum atomic E-state index is 12.6. The molecule has 0 saturated carbocycles. The lowest BCUT2D eigenvalue weighted by atomic mass is 10.1. The number of carbonyl (C=O) groups is 1. The quantitative estimate of drug-likeness (QED) is 0.666. The second-order valence-electron chi connectivity index (χ2n) is 7.27. The molecule has 0 N–H and O–H groups in total. The number of amides is 1. The monoisotopic (exact) mass is 325 g/mol. The van der Waals surface area contributed by atoms with Crippen molar-refractivity contribution in [3.63, 3.8) is 0 Å². The van der Waals surface area contributed by atoms with E-state index in [1.807, 2.05) is 40.7 Å². The van der Waals surface area contributed by atoms with Crippen molar-refractivity contribution in [2.75, 3.05) is 13.2 Å². The molecule has 5 heteroatoms. The lowest BCUT2D eigenvalue weighted by Crippen LogP contribution is -2.50. The predicted octanol–water partition coefficient (Wildman–Crippen LogP) is 3.90. The molecular formula is C18H31NO4. The normalized spacial score (nSPS) is 21.8. The second kappa shape index (κ2) is 7.97. The summed E-state index contributed by atoms with van der Waals surface area (Å²) in [6.07, 6.45) is 4.54. The van der Waals surface area contributed by atoms with Crippen molar-refractivity contribution < 1.29 is 19.0 Å². The Hall–Kier alpha value is -1.33. The fraction of sp³-hybridized carbons (Fsp3) is 0.722. The van der Waals surface area contributed by atoms with E-state index in [1.54, 1.807) is 11.0 Å². The van der Waals surface area contributed by atoms with Crippen LogP contribution in [-0.2, 0) is 14.2 Å². The zero-order valence-electron chi connectivity index (χ0n) is 15.1. The van der Waals surface area contributed by atoms with Crippen molar-refractivity contribution >= 4 is 6.09 Å². The van der Waals surface area contributed by atoms with Gasteiger partial charge in [-0.1, -0.05) is 12.2 Å². The molecule has 1 rings (SSSR count). The van der Waals surface area contributed by atoms with E-state index < -0.39 is 11.3 Å². The summed E-state index contributed by atoms with van der Waals surface area (Å²) in [5.74, 6) is 0. The van der Waals surface area contributed by atoms with E-state index in [1.165, 1.54) is 0 Å². The molecule has 1 heterocycles. The van der Waals surface area contributed by atoms with E-state index in [2.05, 4.69) is 13.2 Å². The maximum Gasteiger partial charge on any atom is 0.412 e. The Labute approximate surface area is 140 Å². The molecule has 0 aliphatic carbocycles. The van der Waals surface area contributed by atoms with E-state index in [4.69, 9.17) is 14.2 Å². The van der Waals surface area contributed by atoms with Crippen LogP contribution in [-0.4, -0.2) is 47.7 Å². The molecule has 1 amide bonds. The van der Waals surface area contributed by atoms with Crippen molar-refractivity contribution in [1.29, 1.82) is 0 Å². The summed E-state index contributed by atoms with van der Waals surface area (Å²) in [5, 5.41) is 0. The lowest BCUT2D eigenvalue weighted by molar-refractivity contribution is -0.0643. The number of hydrogen-bond acceptors (Lipinski definition) is 4. The standard InChI is InChI=1S/C18H31NO4/c1-8-10-15(21-11-9-2)12-14-13-22-18(6,7)19(14)16(20)23-17(3,4)5/h8-9,14-15H,1-2,10-13H2,3-7H3. The first-order valence-electron chi connectivity index (χ1n) is 8.10. The molecule has 0 aromatic rings. The fourth-order valence-corrected chi connectivity index (χ4v) is 2.66. The van der Waals surface area contributed by atoms with Crippen LogP contribution in [0.15, 0.2) is 25.3 Å². The molecule has 1 fully saturated rings. The van der Waals surface area contributed by atoms with E-state index in [0.29, 0.717) is 26.1 Å². The number of rotatable bonds is 7. The number of ether oxygens (including phenoxy) is 3. The highest BCUT2D eigenvalue weighted by molar-refractivity contribution is 5.69. The van der Waals surface area contributed by atoms with Crippen LogP contribution in [0.3, 0.4) is 0 Å². The highest BCUT2D eigenvalue weighted by atomic mass is 16.6. The van der Waals surface area contributed by atoms with Gasteiger partial charge in [-0.25, -0.2) is 4.79 Å². The molecular weight excluding hydrogens is 294 g/mol. The molecule has 2 atom stereocenters. The minimum Gasteiger partial charge on any atom is -0.444 e.